The van der Waals surface area contributed by atoms with E-state index in [0.29, 0.717) is 30.4 Å². The summed E-state index contributed by atoms with van der Waals surface area (Å²) in [5.74, 6) is 1.68. The summed E-state index contributed by atoms with van der Waals surface area (Å²) in [6.07, 6.45) is 0.976. The largest absolute Gasteiger partial charge is 0.497 e. The van der Waals surface area contributed by atoms with Crippen molar-refractivity contribution >= 4 is 10.0 Å². The standard InChI is InChI=1S/C17H25N3O4S/c1-12(2)10-16(17-19-18-13(3)24-17)20-25(21,22)9-8-14-6-5-7-15(11-14)23-4/h5-7,11-12,16,20H,8-10H2,1-4H3. The second kappa shape index (κ2) is 8.44. The number of sulfonamides is 1. The molecule has 0 saturated carbocycles. The molecule has 0 aliphatic rings. The molecule has 0 amide bonds. The molecule has 1 atom stereocenters. The van der Waals surface area contributed by atoms with Crippen molar-refractivity contribution in [2.75, 3.05) is 12.9 Å². The number of nitrogens with one attached hydrogen (secondary N) is 1. The minimum Gasteiger partial charge on any atom is -0.497 e. The molecule has 0 fully saturated rings. The van der Waals surface area contributed by atoms with Gasteiger partial charge in [0.1, 0.15) is 11.8 Å². The van der Waals surface area contributed by atoms with Crippen LogP contribution in [0.1, 0.15) is 43.7 Å². The van der Waals surface area contributed by atoms with Crippen LogP contribution in [0.4, 0.5) is 0 Å². The van der Waals surface area contributed by atoms with Gasteiger partial charge < -0.3 is 9.15 Å². The second-order valence-electron chi connectivity index (χ2n) is 6.38. The third-order valence-electron chi connectivity index (χ3n) is 3.66. The zero-order valence-electron chi connectivity index (χ0n) is 15.0. The second-order valence-corrected chi connectivity index (χ2v) is 8.25. The fourth-order valence-corrected chi connectivity index (χ4v) is 3.73. The predicted octanol–water partition coefficient (Wildman–Crippen LogP) is 2.64. The predicted molar refractivity (Wildman–Crippen MR) is 94.9 cm³/mol. The molecule has 2 rings (SSSR count). The summed E-state index contributed by atoms with van der Waals surface area (Å²) >= 11 is 0. The van der Waals surface area contributed by atoms with Gasteiger partial charge in [-0.25, -0.2) is 13.1 Å². The molecule has 0 bridgehead atoms. The highest BCUT2D eigenvalue weighted by molar-refractivity contribution is 7.89. The Morgan fingerprint density at radius 3 is 2.64 bits per heavy atom. The molecule has 0 radical (unpaired) electrons. The topological polar surface area (TPSA) is 94.3 Å². The zero-order chi connectivity index (χ0) is 18.4. The van der Waals surface area contributed by atoms with Crippen molar-refractivity contribution in [3.63, 3.8) is 0 Å². The van der Waals surface area contributed by atoms with Gasteiger partial charge in [-0.15, -0.1) is 10.2 Å². The van der Waals surface area contributed by atoms with Crippen LogP contribution < -0.4 is 9.46 Å². The van der Waals surface area contributed by atoms with Crippen LogP contribution in [0.5, 0.6) is 5.75 Å². The first-order valence-corrected chi connectivity index (χ1v) is 9.87. The van der Waals surface area contributed by atoms with Crippen LogP contribution >= 0.6 is 0 Å². The number of hydrogen-bond donors (Lipinski definition) is 1. The summed E-state index contributed by atoms with van der Waals surface area (Å²) in [6.45, 7) is 5.71. The van der Waals surface area contributed by atoms with E-state index in [4.69, 9.17) is 9.15 Å². The van der Waals surface area contributed by atoms with Gasteiger partial charge in [-0.2, -0.15) is 0 Å². The lowest BCUT2D eigenvalue weighted by Gasteiger charge is -2.17. The van der Waals surface area contributed by atoms with Gasteiger partial charge in [0, 0.05) is 6.92 Å². The smallest absolute Gasteiger partial charge is 0.234 e. The van der Waals surface area contributed by atoms with Crippen LogP contribution in [-0.4, -0.2) is 31.5 Å². The van der Waals surface area contributed by atoms with E-state index < -0.39 is 16.1 Å². The maximum atomic E-state index is 12.5. The molecule has 1 aromatic heterocycles. The van der Waals surface area contributed by atoms with Crippen LogP contribution in [0.3, 0.4) is 0 Å². The number of hydrogen-bond acceptors (Lipinski definition) is 6. The molecule has 1 unspecified atom stereocenters. The normalized spacial score (nSPS) is 13.2. The Hall–Kier alpha value is -1.93. The van der Waals surface area contributed by atoms with Crippen LogP contribution in [0, 0.1) is 12.8 Å². The molecule has 2 aromatic rings. The number of ether oxygens (including phenoxy) is 1. The van der Waals surface area contributed by atoms with E-state index in [1.807, 2.05) is 38.1 Å². The number of aromatic nitrogens is 2. The van der Waals surface area contributed by atoms with Crippen molar-refractivity contribution in [2.45, 2.75) is 39.7 Å². The highest BCUT2D eigenvalue weighted by Gasteiger charge is 2.25. The van der Waals surface area contributed by atoms with Crippen molar-refractivity contribution in [3.05, 3.63) is 41.6 Å². The third-order valence-corrected chi connectivity index (χ3v) is 5.05. The minimum absolute atomic E-state index is 0.0259. The number of benzene rings is 1. The van der Waals surface area contributed by atoms with Gasteiger partial charge in [-0.05, 0) is 36.5 Å². The number of rotatable bonds is 9. The van der Waals surface area contributed by atoms with E-state index >= 15 is 0 Å². The molecular formula is C17H25N3O4S. The molecule has 1 aromatic carbocycles. The van der Waals surface area contributed by atoms with E-state index in [9.17, 15) is 8.42 Å². The Labute approximate surface area is 148 Å². The summed E-state index contributed by atoms with van der Waals surface area (Å²) in [5.41, 5.74) is 0.902. The van der Waals surface area contributed by atoms with Crippen molar-refractivity contribution in [2.24, 2.45) is 5.92 Å². The van der Waals surface area contributed by atoms with Gasteiger partial charge in [-0.1, -0.05) is 26.0 Å². The highest BCUT2D eigenvalue weighted by Crippen LogP contribution is 2.21. The summed E-state index contributed by atoms with van der Waals surface area (Å²) in [5, 5.41) is 7.76. The molecule has 0 aliphatic carbocycles. The Morgan fingerprint density at radius 2 is 2.04 bits per heavy atom. The SMILES string of the molecule is COc1cccc(CCS(=O)(=O)NC(CC(C)C)c2nnc(C)o2)c1. The Balaban J connectivity index is 2.05. The fraction of sp³-hybridized carbons (Fsp3) is 0.529. The molecule has 0 saturated heterocycles. The maximum Gasteiger partial charge on any atom is 0.234 e. The zero-order valence-corrected chi connectivity index (χ0v) is 15.8. The highest BCUT2D eigenvalue weighted by atomic mass is 32.2. The average Bonchev–Trinajstić information content (AvgIpc) is 2.98. The summed E-state index contributed by atoms with van der Waals surface area (Å²) in [4.78, 5) is 0. The lowest BCUT2D eigenvalue weighted by Crippen LogP contribution is -2.32. The molecule has 7 nitrogen and oxygen atoms in total. The molecule has 0 spiro atoms. The Kier molecular flexibility index (Phi) is 6.55. The summed E-state index contributed by atoms with van der Waals surface area (Å²) in [6, 6.07) is 6.87. The molecule has 25 heavy (non-hydrogen) atoms. The van der Waals surface area contributed by atoms with Crippen molar-refractivity contribution in [3.8, 4) is 5.75 Å². The Morgan fingerprint density at radius 1 is 1.28 bits per heavy atom. The number of nitrogens with zero attached hydrogens (tertiary/aromatic N) is 2. The molecule has 138 valence electrons. The maximum absolute atomic E-state index is 12.5. The lowest BCUT2D eigenvalue weighted by molar-refractivity contribution is 0.372. The first-order valence-electron chi connectivity index (χ1n) is 8.22. The lowest BCUT2D eigenvalue weighted by atomic mass is 10.0. The quantitative estimate of drug-likeness (QED) is 0.732. The summed E-state index contributed by atoms with van der Waals surface area (Å²) in [7, 11) is -1.92. The van der Waals surface area contributed by atoms with Crippen LogP contribution in [0.25, 0.3) is 0 Å². The van der Waals surface area contributed by atoms with E-state index in [1.54, 1.807) is 14.0 Å². The van der Waals surface area contributed by atoms with Gasteiger partial charge in [0.25, 0.3) is 0 Å². The van der Waals surface area contributed by atoms with Crippen molar-refractivity contribution in [1.82, 2.24) is 14.9 Å². The van der Waals surface area contributed by atoms with Crippen LogP contribution in [0.2, 0.25) is 0 Å². The summed E-state index contributed by atoms with van der Waals surface area (Å²) < 4.78 is 38.3. The monoisotopic (exact) mass is 367 g/mol. The fourth-order valence-electron chi connectivity index (χ4n) is 2.48. The molecule has 8 heteroatoms. The Bertz CT molecular complexity index is 787. The van der Waals surface area contributed by atoms with Crippen molar-refractivity contribution in [1.29, 1.82) is 0 Å². The van der Waals surface area contributed by atoms with Gasteiger partial charge >= 0.3 is 0 Å². The third kappa shape index (κ3) is 6.13. The molecule has 1 N–H and O–H groups in total. The first-order chi connectivity index (χ1) is 11.8. The number of aryl methyl sites for hydroxylation is 2. The van der Waals surface area contributed by atoms with Crippen LogP contribution in [-0.2, 0) is 16.4 Å². The molecule has 1 heterocycles. The van der Waals surface area contributed by atoms with E-state index in [1.165, 1.54) is 0 Å². The van der Waals surface area contributed by atoms with Crippen molar-refractivity contribution < 1.29 is 17.6 Å². The van der Waals surface area contributed by atoms with Gasteiger partial charge in [-0.3, -0.25) is 0 Å². The molecule has 0 aliphatic heterocycles. The van der Waals surface area contributed by atoms with Crippen LogP contribution in [0.15, 0.2) is 28.7 Å². The van der Waals surface area contributed by atoms with Gasteiger partial charge in [0.15, 0.2) is 0 Å². The first kappa shape index (κ1) is 19.4. The molecular weight excluding hydrogens is 342 g/mol. The van der Waals surface area contributed by atoms with E-state index in [-0.39, 0.29) is 11.7 Å². The van der Waals surface area contributed by atoms with E-state index in [0.717, 1.165) is 5.56 Å². The van der Waals surface area contributed by atoms with E-state index in [2.05, 4.69) is 14.9 Å². The number of methoxy groups -OCH3 is 1. The van der Waals surface area contributed by atoms with Gasteiger partial charge in [0.05, 0.1) is 12.9 Å². The minimum atomic E-state index is -3.50. The van der Waals surface area contributed by atoms with Gasteiger partial charge in [0.2, 0.25) is 21.8 Å². The average molecular weight is 367 g/mol.